The molecule has 1 N–H and O–H groups in total. The maximum Gasteiger partial charge on any atom is 0.266 e. The molecule has 0 spiro atoms. The van der Waals surface area contributed by atoms with Crippen molar-refractivity contribution in [2.45, 2.75) is 31.2 Å². The van der Waals surface area contributed by atoms with E-state index >= 15 is 0 Å². The van der Waals surface area contributed by atoms with Gasteiger partial charge in [-0.15, -0.1) is 0 Å². The Morgan fingerprint density at radius 2 is 1.69 bits per heavy atom. The molecule has 3 aromatic carbocycles. The van der Waals surface area contributed by atoms with Crippen LogP contribution in [0.15, 0.2) is 70.6 Å². The molecule has 8 heteroatoms. The van der Waals surface area contributed by atoms with Crippen molar-refractivity contribution in [3.8, 4) is 17.2 Å². The monoisotopic (exact) mass is 489 g/mol. The molecule has 180 valence electrons. The van der Waals surface area contributed by atoms with E-state index in [9.17, 15) is 9.59 Å². The molecule has 0 fully saturated rings. The molecular weight excluding hydrogens is 462 g/mol. The quantitative estimate of drug-likeness (QED) is 0.286. The summed E-state index contributed by atoms with van der Waals surface area (Å²) in [5.41, 5.74) is 3.77. The number of methoxy groups -OCH3 is 2. The van der Waals surface area contributed by atoms with Crippen LogP contribution < -0.4 is 20.3 Å². The van der Waals surface area contributed by atoms with E-state index in [2.05, 4.69) is 5.32 Å². The number of ether oxygens (including phenoxy) is 2. The molecule has 1 atom stereocenters. The first-order chi connectivity index (χ1) is 16.8. The first kappa shape index (κ1) is 24.3. The van der Waals surface area contributed by atoms with Gasteiger partial charge < -0.3 is 14.8 Å². The van der Waals surface area contributed by atoms with Crippen molar-refractivity contribution < 1.29 is 14.3 Å². The van der Waals surface area contributed by atoms with Crippen molar-refractivity contribution >= 4 is 34.3 Å². The fourth-order valence-corrected chi connectivity index (χ4v) is 4.64. The summed E-state index contributed by atoms with van der Waals surface area (Å²) in [6, 6.07) is 18.2. The summed E-state index contributed by atoms with van der Waals surface area (Å²) in [6.07, 6.45) is 0. The number of aryl methyl sites for hydroxylation is 1. The van der Waals surface area contributed by atoms with E-state index in [1.54, 1.807) is 50.0 Å². The Morgan fingerprint density at radius 1 is 1.00 bits per heavy atom. The first-order valence-electron chi connectivity index (χ1n) is 11.1. The fourth-order valence-electron chi connectivity index (χ4n) is 3.72. The molecule has 1 aromatic heterocycles. The number of amides is 1. The summed E-state index contributed by atoms with van der Waals surface area (Å²) in [6.45, 7) is 5.77. The summed E-state index contributed by atoms with van der Waals surface area (Å²) in [4.78, 5) is 31.5. The predicted octanol–water partition coefficient (Wildman–Crippen LogP) is 5.14. The summed E-state index contributed by atoms with van der Waals surface area (Å²) in [5.74, 6) is 0.903. The molecule has 4 rings (SSSR count). The second-order valence-corrected chi connectivity index (χ2v) is 9.43. The SMILES string of the molecule is COc1cc(NC(=O)C(C)Sc2nc3ccccc3c(=O)n2-c2cccc(C)c2C)cc(OC)c1. The van der Waals surface area contributed by atoms with Crippen LogP contribution in [0.2, 0.25) is 0 Å². The third-order valence-corrected chi connectivity index (χ3v) is 6.88. The second-order valence-electron chi connectivity index (χ2n) is 8.12. The molecule has 0 bridgehead atoms. The third kappa shape index (κ3) is 5.02. The highest BCUT2D eigenvalue weighted by atomic mass is 32.2. The lowest BCUT2D eigenvalue weighted by molar-refractivity contribution is -0.115. The van der Waals surface area contributed by atoms with E-state index in [1.165, 1.54) is 11.8 Å². The summed E-state index contributed by atoms with van der Waals surface area (Å²) >= 11 is 1.23. The third-order valence-electron chi connectivity index (χ3n) is 5.83. The number of carbonyl (C=O) groups excluding carboxylic acids is 1. The number of thioether (sulfide) groups is 1. The van der Waals surface area contributed by atoms with Gasteiger partial charge in [0.1, 0.15) is 11.5 Å². The van der Waals surface area contributed by atoms with Crippen LogP contribution in [0.25, 0.3) is 16.6 Å². The number of nitrogens with one attached hydrogen (secondary N) is 1. The molecule has 0 aliphatic carbocycles. The highest BCUT2D eigenvalue weighted by molar-refractivity contribution is 8.00. The van der Waals surface area contributed by atoms with Gasteiger partial charge >= 0.3 is 0 Å². The van der Waals surface area contributed by atoms with Gasteiger partial charge in [-0.05, 0) is 50.1 Å². The van der Waals surface area contributed by atoms with Gasteiger partial charge in [0.05, 0.1) is 36.1 Å². The lowest BCUT2D eigenvalue weighted by atomic mass is 10.1. The van der Waals surface area contributed by atoms with Crippen LogP contribution in [0.3, 0.4) is 0 Å². The number of aromatic nitrogens is 2. The minimum Gasteiger partial charge on any atom is -0.497 e. The number of benzene rings is 3. The summed E-state index contributed by atoms with van der Waals surface area (Å²) in [5, 5.41) is 3.34. The van der Waals surface area contributed by atoms with E-state index < -0.39 is 5.25 Å². The Morgan fingerprint density at radius 3 is 2.37 bits per heavy atom. The van der Waals surface area contributed by atoms with Gasteiger partial charge in [0.15, 0.2) is 5.16 Å². The van der Waals surface area contributed by atoms with E-state index in [0.29, 0.717) is 33.2 Å². The highest BCUT2D eigenvalue weighted by Gasteiger charge is 2.22. The van der Waals surface area contributed by atoms with Crippen molar-refractivity contribution in [2.24, 2.45) is 0 Å². The summed E-state index contributed by atoms with van der Waals surface area (Å²) in [7, 11) is 3.10. The molecule has 35 heavy (non-hydrogen) atoms. The van der Waals surface area contributed by atoms with Crippen LogP contribution in [0.5, 0.6) is 11.5 Å². The zero-order chi connectivity index (χ0) is 25.1. The van der Waals surface area contributed by atoms with E-state index in [1.807, 2.05) is 50.2 Å². The van der Waals surface area contributed by atoms with Crippen molar-refractivity contribution in [1.29, 1.82) is 0 Å². The second kappa shape index (κ2) is 10.2. The standard InChI is InChI=1S/C27H27N3O4S/c1-16-9-8-12-24(17(16)2)30-26(32)22-10-6-7-11-23(22)29-27(30)35-18(3)25(31)28-19-13-20(33-4)15-21(14-19)34-5/h6-15,18H,1-5H3,(H,28,31). The van der Waals surface area contributed by atoms with Crippen LogP contribution in [0, 0.1) is 13.8 Å². The summed E-state index contributed by atoms with van der Waals surface area (Å²) < 4.78 is 12.2. The lowest BCUT2D eigenvalue weighted by Gasteiger charge is -2.18. The molecule has 1 unspecified atom stereocenters. The molecule has 0 aliphatic rings. The molecule has 0 aliphatic heterocycles. The van der Waals surface area contributed by atoms with Gasteiger partial charge in [-0.3, -0.25) is 14.2 Å². The van der Waals surface area contributed by atoms with Crippen LogP contribution in [0.4, 0.5) is 5.69 Å². The van der Waals surface area contributed by atoms with Crippen molar-refractivity contribution in [1.82, 2.24) is 9.55 Å². The molecule has 0 radical (unpaired) electrons. The number of nitrogens with zero attached hydrogens (tertiary/aromatic N) is 2. The minimum atomic E-state index is -0.545. The van der Waals surface area contributed by atoms with Gasteiger partial charge in [-0.2, -0.15) is 0 Å². The Hall–Kier alpha value is -3.78. The molecule has 1 heterocycles. The largest absolute Gasteiger partial charge is 0.497 e. The number of fused-ring (bicyclic) bond motifs is 1. The Balaban J connectivity index is 1.72. The maximum absolute atomic E-state index is 13.6. The van der Waals surface area contributed by atoms with E-state index in [0.717, 1.165) is 16.8 Å². The normalized spacial score (nSPS) is 11.8. The lowest BCUT2D eigenvalue weighted by Crippen LogP contribution is -2.26. The van der Waals surface area contributed by atoms with Crippen LogP contribution in [0.1, 0.15) is 18.1 Å². The minimum absolute atomic E-state index is 0.169. The number of carbonyl (C=O) groups is 1. The van der Waals surface area contributed by atoms with Gasteiger partial charge in [0, 0.05) is 23.9 Å². The molecule has 7 nitrogen and oxygen atoms in total. The molecule has 0 saturated carbocycles. The van der Waals surface area contributed by atoms with E-state index in [-0.39, 0.29) is 11.5 Å². The Kier molecular flexibility index (Phi) is 7.12. The predicted molar refractivity (Wildman–Crippen MR) is 140 cm³/mol. The Labute approximate surface area is 208 Å². The van der Waals surface area contributed by atoms with Gasteiger partial charge in [0.2, 0.25) is 5.91 Å². The molecule has 4 aromatic rings. The van der Waals surface area contributed by atoms with E-state index in [4.69, 9.17) is 14.5 Å². The van der Waals surface area contributed by atoms with Gasteiger partial charge in [0.25, 0.3) is 5.56 Å². The van der Waals surface area contributed by atoms with Gasteiger partial charge in [-0.1, -0.05) is 36.0 Å². The number of rotatable bonds is 7. The zero-order valence-electron chi connectivity index (χ0n) is 20.3. The van der Waals surface area contributed by atoms with Gasteiger partial charge in [-0.25, -0.2) is 4.98 Å². The number of para-hydroxylation sites is 1. The molecular formula is C27H27N3O4S. The van der Waals surface area contributed by atoms with Crippen molar-refractivity contribution in [3.05, 3.63) is 82.1 Å². The van der Waals surface area contributed by atoms with Crippen LogP contribution in [-0.4, -0.2) is 34.9 Å². The number of hydrogen-bond acceptors (Lipinski definition) is 6. The zero-order valence-corrected chi connectivity index (χ0v) is 21.1. The highest BCUT2D eigenvalue weighted by Crippen LogP contribution is 2.29. The number of anilines is 1. The fraction of sp³-hybridized carbons (Fsp3) is 0.222. The van der Waals surface area contributed by atoms with Crippen LogP contribution >= 0.6 is 11.8 Å². The molecule has 1 amide bonds. The Bertz CT molecular complexity index is 1440. The maximum atomic E-state index is 13.6. The average molecular weight is 490 g/mol. The topological polar surface area (TPSA) is 82.5 Å². The first-order valence-corrected chi connectivity index (χ1v) is 12.0. The number of hydrogen-bond donors (Lipinski definition) is 1. The van der Waals surface area contributed by atoms with Crippen molar-refractivity contribution in [2.75, 3.05) is 19.5 Å². The average Bonchev–Trinajstić information content (AvgIpc) is 2.86. The smallest absolute Gasteiger partial charge is 0.266 e. The van der Waals surface area contributed by atoms with Crippen molar-refractivity contribution in [3.63, 3.8) is 0 Å². The van der Waals surface area contributed by atoms with Crippen LogP contribution in [-0.2, 0) is 4.79 Å². The molecule has 0 saturated heterocycles.